The first kappa shape index (κ1) is 35.0. The summed E-state index contributed by atoms with van der Waals surface area (Å²) in [6, 6.07) is 14.3. The lowest BCUT2D eigenvalue weighted by molar-refractivity contribution is -0.143. The van der Waals surface area contributed by atoms with E-state index in [-0.39, 0.29) is 30.0 Å². The lowest BCUT2D eigenvalue weighted by Gasteiger charge is -2.28. The Morgan fingerprint density at radius 3 is 2.15 bits per heavy atom. The molecule has 0 unspecified atom stereocenters. The van der Waals surface area contributed by atoms with Crippen LogP contribution in [0.15, 0.2) is 59.0 Å². The largest absolute Gasteiger partial charge is 0.436 e. The molecule has 1 aliphatic carbocycles. The molecule has 0 atom stereocenters. The van der Waals surface area contributed by atoms with Crippen molar-refractivity contribution in [1.82, 2.24) is 15.6 Å². The van der Waals surface area contributed by atoms with Gasteiger partial charge in [-0.2, -0.15) is 31.6 Å². The third-order valence-electron chi connectivity index (χ3n) is 8.89. The van der Waals surface area contributed by atoms with Crippen LogP contribution in [0.5, 0.6) is 0 Å². The van der Waals surface area contributed by atoms with Gasteiger partial charge in [0, 0.05) is 29.8 Å². The number of carbonyl (C=O) groups is 1. The van der Waals surface area contributed by atoms with Crippen LogP contribution >= 0.6 is 0 Å². The van der Waals surface area contributed by atoms with Gasteiger partial charge in [-0.3, -0.25) is 4.79 Å². The number of nitriles is 1. The van der Waals surface area contributed by atoms with Crippen LogP contribution in [-0.4, -0.2) is 24.0 Å². The first-order valence-electron chi connectivity index (χ1n) is 15.9. The molecule has 0 bridgehead atoms. The molecule has 0 spiro atoms. The fourth-order valence-electron chi connectivity index (χ4n) is 6.16. The smallest absolute Gasteiger partial charge is 0.416 e. The number of nitrogens with one attached hydrogen (secondary N) is 2. The van der Waals surface area contributed by atoms with E-state index in [0.29, 0.717) is 58.6 Å². The summed E-state index contributed by atoms with van der Waals surface area (Å²) in [6.07, 6.45) is -5.29. The van der Waals surface area contributed by atoms with Gasteiger partial charge in [-0.1, -0.05) is 26.7 Å². The van der Waals surface area contributed by atoms with Gasteiger partial charge in [0.1, 0.15) is 5.52 Å². The fourth-order valence-corrected chi connectivity index (χ4v) is 6.16. The van der Waals surface area contributed by atoms with Gasteiger partial charge in [0.15, 0.2) is 5.58 Å². The molecule has 4 aromatic rings. The standard InChI is InChI=1S/C36H36F6N4O2/c1-21(2)30-15-24(18-43)16-31-32(30)48-34(46-31)27-9-7-26(8-10-27)33(47)45-20-23-5-3-22(4-6-23)11-12-44-19-25-13-28(35(37,38)39)17-29(14-25)36(40,41)42/h7-10,13-17,21-23,44H,3-6,11-12,19-20H2,1-2H3,(H,45,47)/t22-,23-. The molecule has 1 aliphatic rings. The molecule has 1 fully saturated rings. The fraction of sp³-hybridized carbons (Fsp3) is 0.417. The summed E-state index contributed by atoms with van der Waals surface area (Å²) in [6.45, 7) is 4.96. The predicted octanol–water partition coefficient (Wildman–Crippen LogP) is 9.24. The van der Waals surface area contributed by atoms with Crippen molar-refractivity contribution in [3.63, 3.8) is 0 Å². The number of carbonyl (C=O) groups excluding carboxylic acids is 1. The van der Waals surface area contributed by atoms with Crippen LogP contribution in [0.1, 0.15) is 90.0 Å². The van der Waals surface area contributed by atoms with Gasteiger partial charge >= 0.3 is 12.4 Å². The van der Waals surface area contributed by atoms with Gasteiger partial charge < -0.3 is 15.1 Å². The average molecular weight is 671 g/mol. The zero-order valence-electron chi connectivity index (χ0n) is 26.6. The maximum Gasteiger partial charge on any atom is 0.416 e. The highest BCUT2D eigenvalue weighted by molar-refractivity contribution is 5.94. The Morgan fingerprint density at radius 1 is 0.938 bits per heavy atom. The van der Waals surface area contributed by atoms with Crippen molar-refractivity contribution in [2.45, 2.75) is 70.8 Å². The normalized spacial score (nSPS) is 17.1. The first-order valence-corrected chi connectivity index (χ1v) is 15.9. The Bertz CT molecular complexity index is 1750. The third-order valence-corrected chi connectivity index (χ3v) is 8.89. The topological polar surface area (TPSA) is 91.0 Å². The Labute approximate surface area is 274 Å². The van der Waals surface area contributed by atoms with Gasteiger partial charge in [0.2, 0.25) is 5.89 Å². The first-order chi connectivity index (χ1) is 22.7. The predicted molar refractivity (Wildman–Crippen MR) is 169 cm³/mol. The number of hydrogen-bond acceptors (Lipinski definition) is 5. The van der Waals surface area contributed by atoms with Crippen LogP contribution in [0.3, 0.4) is 0 Å². The van der Waals surface area contributed by atoms with Crippen molar-refractivity contribution < 1.29 is 35.6 Å². The second-order valence-electron chi connectivity index (χ2n) is 12.8. The van der Waals surface area contributed by atoms with E-state index >= 15 is 0 Å². The molecule has 6 nitrogen and oxygen atoms in total. The third kappa shape index (κ3) is 8.55. The van der Waals surface area contributed by atoms with Crippen LogP contribution in [0.2, 0.25) is 0 Å². The van der Waals surface area contributed by atoms with Crippen molar-refractivity contribution in [2.24, 2.45) is 11.8 Å². The molecule has 1 heterocycles. The number of nitrogens with zero attached hydrogens (tertiary/aromatic N) is 2. The monoisotopic (exact) mass is 670 g/mol. The van der Waals surface area contributed by atoms with Gasteiger partial charge in [-0.15, -0.1) is 0 Å². The van der Waals surface area contributed by atoms with Crippen LogP contribution in [-0.2, 0) is 18.9 Å². The summed E-state index contributed by atoms with van der Waals surface area (Å²) in [4.78, 5) is 17.4. The maximum atomic E-state index is 13.1. The van der Waals surface area contributed by atoms with E-state index in [2.05, 4.69) is 21.7 Å². The Balaban J connectivity index is 1.06. The molecule has 0 radical (unpaired) electrons. The molecule has 2 N–H and O–H groups in total. The van der Waals surface area contributed by atoms with Crippen LogP contribution < -0.4 is 10.6 Å². The minimum absolute atomic E-state index is 0.0622. The molecule has 1 saturated carbocycles. The number of oxazole rings is 1. The lowest BCUT2D eigenvalue weighted by atomic mass is 9.80. The van der Waals surface area contributed by atoms with Crippen molar-refractivity contribution in [3.8, 4) is 17.5 Å². The summed E-state index contributed by atoms with van der Waals surface area (Å²) < 4.78 is 84.7. The molecule has 254 valence electrons. The summed E-state index contributed by atoms with van der Waals surface area (Å²) in [5, 5.41) is 15.4. The van der Waals surface area contributed by atoms with E-state index in [4.69, 9.17) is 4.42 Å². The van der Waals surface area contributed by atoms with Gasteiger partial charge in [0.25, 0.3) is 5.91 Å². The number of rotatable bonds is 10. The van der Waals surface area contributed by atoms with E-state index in [0.717, 1.165) is 49.8 Å². The molecule has 48 heavy (non-hydrogen) atoms. The highest BCUT2D eigenvalue weighted by atomic mass is 19.4. The minimum atomic E-state index is -4.86. The highest BCUT2D eigenvalue weighted by Gasteiger charge is 2.36. The number of amides is 1. The number of aromatic nitrogens is 1. The molecular formula is C36H36F6N4O2. The number of alkyl halides is 6. The summed E-state index contributed by atoms with van der Waals surface area (Å²) >= 11 is 0. The molecule has 5 rings (SSSR count). The summed E-state index contributed by atoms with van der Waals surface area (Å²) in [5.74, 6) is 1.07. The van der Waals surface area contributed by atoms with Crippen molar-refractivity contribution in [3.05, 3.63) is 88.0 Å². The van der Waals surface area contributed by atoms with Crippen molar-refractivity contribution >= 4 is 17.0 Å². The molecular weight excluding hydrogens is 634 g/mol. The van der Waals surface area contributed by atoms with Gasteiger partial charge in [-0.05, 0) is 104 Å². The van der Waals surface area contributed by atoms with E-state index < -0.39 is 23.5 Å². The zero-order valence-corrected chi connectivity index (χ0v) is 26.6. The number of halogens is 6. The van der Waals surface area contributed by atoms with Gasteiger partial charge in [-0.25, -0.2) is 4.98 Å². The van der Waals surface area contributed by atoms with Crippen LogP contribution in [0.4, 0.5) is 26.3 Å². The second-order valence-corrected chi connectivity index (χ2v) is 12.8. The van der Waals surface area contributed by atoms with Gasteiger partial charge in [0.05, 0.1) is 22.8 Å². The average Bonchev–Trinajstić information content (AvgIpc) is 3.49. The van der Waals surface area contributed by atoms with E-state index in [1.54, 1.807) is 30.3 Å². The van der Waals surface area contributed by atoms with E-state index in [1.165, 1.54) is 0 Å². The Morgan fingerprint density at radius 2 is 1.56 bits per heavy atom. The minimum Gasteiger partial charge on any atom is -0.436 e. The van der Waals surface area contributed by atoms with Crippen molar-refractivity contribution in [1.29, 1.82) is 5.26 Å². The number of fused-ring (bicyclic) bond motifs is 1. The molecule has 0 saturated heterocycles. The molecule has 3 aromatic carbocycles. The molecule has 1 aromatic heterocycles. The SMILES string of the molecule is CC(C)c1cc(C#N)cc2nc(-c3ccc(C(=O)NC[C@H]4CC[C@H](CCNCc5cc(C(F)(F)F)cc(C(F)(F)F)c5)CC4)cc3)oc12. The van der Waals surface area contributed by atoms with E-state index in [1.807, 2.05) is 19.9 Å². The zero-order chi connectivity index (χ0) is 34.6. The highest BCUT2D eigenvalue weighted by Crippen LogP contribution is 2.37. The molecule has 0 aliphatic heterocycles. The lowest BCUT2D eigenvalue weighted by Crippen LogP contribution is -2.31. The number of hydrogen-bond donors (Lipinski definition) is 2. The van der Waals surface area contributed by atoms with Crippen LogP contribution in [0.25, 0.3) is 22.6 Å². The maximum absolute atomic E-state index is 13.1. The quantitative estimate of drug-likeness (QED) is 0.130. The summed E-state index contributed by atoms with van der Waals surface area (Å²) in [5.41, 5.74) is 1.21. The molecule has 12 heteroatoms. The van der Waals surface area contributed by atoms with Crippen LogP contribution in [0, 0.1) is 23.2 Å². The Kier molecular flexibility index (Phi) is 10.5. The Hall–Kier alpha value is -4.37. The summed E-state index contributed by atoms with van der Waals surface area (Å²) in [7, 11) is 0. The number of benzene rings is 3. The second kappa shape index (κ2) is 14.4. The van der Waals surface area contributed by atoms with E-state index in [9.17, 15) is 36.4 Å². The molecule has 1 amide bonds. The van der Waals surface area contributed by atoms with Crippen molar-refractivity contribution in [2.75, 3.05) is 13.1 Å².